The Morgan fingerprint density at radius 2 is 1.15 bits per heavy atom. The van der Waals surface area contributed by atoms with Crippen LogP contribution < -0.4 is 0 Å². The molecule has 0 aromatic carbocycles. The number of ketones is 1. The van der Waals surface area contributed by atoms with Gasteiger partial charge in [-0.05, 0) is 48.3 Å². The lowest BCUT2D eigenvalue weighted by Gasteiger charge is -2.32. The second kappa shape index (κ2) is 9.24. The minimum Gasteiger partial charge on any atom is -0.299 e. The van der Waals surface area contributed by atoms with Crippen molar-refractivity contribution in [1.82, 2.24) is 0 Å². The minimum absolute atomic E-state index is 0.315. The van der Waals surface area contributed by atoms with Crippen LogP contribution in [0.15, 0.2) is 0 Å². The van der Waals surface area contributed by atoms with Crippen LogP contribution in [-0.4, -0.2) is 5.78 Å². The van der Waals surface area contributed by atoms with Gasteiger partial charge >= 0.3 is 0 Å². The van der Waals surface area contributed by atoms with E-state index in [2.05, 4.69) is 41.5 Å². The van der Waals surface area contributed by atoms with Crippen molar-refractivity contribution in [3.63, 3.8) is 0 Å². The van der Waals surface area contributed by atoms with E-state index in [0.717, 1.165) is 24.7 Å². The van der Waals surface area contributed by atoms with Crippen LogP contribution >= 0.6 is 0 Å². The summed E-state index contributed by atoms with van der Waals surface area (Å²) >= 11 is 0. The lowest BCUT2D eigenvalue weighted by atomic mass is 9.71. The largest absolute Gasteiger partial charge is 0.299 e. The first-order chi connectivity index (χ1) is 12.4. The number of Topliss-reactive ketones (excluding diaryl/α,β-unsaturated/α-hetero) is 1. The first-order valence-corrected chi connectivity index (χ1v) is 11.9. The summed E-state index contributed by atoms with van der Waals surface area (Å²) in [4.78, 5) is 13.9. The summed E-state index contributed by atoms with van der Waals surface area (Å²) < 4.78 is 0. The molecule has 2 fully saturated rings. The fraction of sp³-hybridized carbons (Fsp3) is 0.960. The molecule has 1 heteroatoms. The van der Waals surface area contributed by atoms with E-state index >= 15 is 0 Å². The molecule has 2 rings (SSSR count). The highest BCUT2D eigenvalue weighted by Crippen LogP contribution is 2.65. The first kappa shape index (κ1) is 22.0. The molecule has 0 radical (unpaired) electrons. The summed E-state index contributed by atoms with van der Waals surface area (Å²) in [5.41, 5.74) is 0.630. The van der Waals surface area contributed by atoms with Crippen molar-refractivity contribution in [2.24, 2.45) is 34.5 Å². The van der Waals surface area contributed by atoms with E-state index in [1.54, 1.807) is 0 Å². The maximum atomic E-state index is 13.9. The van der Waals surface area contributed by atoms with E-state index in [9.17, 15) is 4.79 Å². The highest BCUT2D eigenvalue weighted by atomic mass is 16.1. The van der Waals surface area contributed by atoms with Crippen molar-refractivity contribution in [3.05, 3.63) is 0 Å². The Labute approximate surface area is 164 Å². The zero-order chi connectivity index (χ0) is 19.4. The van der Waals surface area contributed by atoms with Crippen molar-refractivity contribution in [1.29, 1.82) is 0 Å². The summed E-state index contributed by atoms with van der Waals surface area (Å²) in [5, 5.41) is 0. The number of hydrogen-bond acceptors (Lipinski definition) is 1. The summed E-state index contributed by atoms with van der Waals surface area (Å²) in [6.07, 6.45) is 15.0. The molecule has 0 aliphatic heterocycles. The van der Waals surface area contributed by atoms with Gasteiger partial charge in [0.05, 0.1) is 0 Å². The highest BCUT2D eigenvalue weighted by Gasteiger charge is 2.61. The Kier molecular flexibility index (Phi) is 7.81. The van der Waals surface area contributed by atoms with Gasteiger partial charge in [-0.15, -0.1) is 0 Å². The molecule has 0 aromatic rings. The van der Waals surface area contributed by atoms with Crippen molar-refractivity contribution < 1.29 is 4.79 Å². The van der Waals surface area contributed by atoms with Gasteiger partial charge in [0.25, 0.3) is 0 Å². The molecule has 2 saturated carbocycles. The molecule has 6 atom stereocenters. The topological polar surface area (TPSA) is 17.1 Å². The summed E-state index contributed by atoms with van der Waals surface area (Å²) in [7, 11) is 0. The van der Waals surface area contributed by atoms with Gasteiger partial charge in [-0.2, -0.15) is 0 Å². The average molecular weight is 363 g/mol. The van der Waals surface area contributed by atoms with Gasteiger partial charge in [-0.3, -0.25) is 4.79 Å². The lowest BCUT2D eigenvalue weighted by molar-refractivity contribution is -0.132. The van der Waals surface area contributed by atoms with Crippen LogP contribution in [0.3, 0.4) is 0 Å². The third kappa shape index (κ3) is 4.56. The minimum atomic E-state index is 0.315. The molecule has 0 bridgehead atoms. The monoisotopic (exact) mass is 362 g/mol. The molecule has 0 amide bonds. The molecule has 0 spiro atoms. The van der Waals surface area contributed by atoms with Crippen molar-refractivity contribution in [2.75, 3.05) is 0 Å². The van der Waals surface area contributed by atoms with Gasteiger partial charge in [0.2, 0.25) is 0 Å². The van der Waals surface area contributed by atoms with Gasteiger partial charge in [0.15, 0.2) is 0 Å². The van der Waals surface area contributed by atoms with Crippen LogP contribution in [0.25, 0.3) is 0 Å². The molecular formula is C25H46O. The van der Waals surface area contributed by atoms with Crippen molar-refractivity contribution in [2.45, 2.75) is 119 Å². The van der Waals surface area contributed by atoms with Gasteiger partial charge in [0, 0.05) is 11.8 Å². The van der Waals surface area contributed by atoms with E-state index < -0.39 is 0 Å². The van der Waals surface area contributed by atoms with Gasteiger partial charge in [0.1, 0.15) is 5.78 Å². The molecule has 2 aliphatic carbocycles. The predicted molar refractivity (Wildman–Crippen MR) is 113 cm³/mol. The van der Waals surface area contributed by atoms with Crippen molar-refractivity contribution >= 4 is 5.78 Å². The van der Waals surface area contributed by atoms with Crippen LogP contribution in [0.1, 0.15) is 119 Å². The molecule has 6 unspecified atom stereocenters. The second-order valence-corrected chi connectivity index (χ2v) is 10.1. The normalized spacial score (nSPS) is 35.2. The number of carbonyl (C=O) groups is 1. The molecule has 0 aromatic heterocycles. The maximum Gasteiger partial charge on any atom is 0.140 e. The first-order valence-electron chi connectivity index (χ1n) is 11.9. The lowest BCUT2D eigenvalue weighted by Crippen LogP contribution is -2.35. The van der Waals surface area contributed by atoms with Crippen LogP contribution in [0.2, 0.25) is 0 Å². The third-order valence-electron chi connectivity index (χ3n) is 8.37. The zero-order valence-electron chi connectivity index (χ0n) is 18.7. The Hall–Kier alpha value is -0.330. The third-order valence-corrected chi connectivity index (χ3v) is 8.37. The molecule has 0 N–H and O–H groups in total. The molecular weight excluding hydrogens is 316 g/mol. The molecule has 0 saturated heterocycles. The molecule has 0 heterocycles. The zero-order valence-corrected chi connectivity index (χ0v) is 18.7. The smallest absolute Gasteiger partial charge is 0.140 e. The van der Waals surface area contributed by atoms with E-state index in [0.29, 0.717) is 28.4 Å². The van der Waals surface area contributed by atoms with Gasteiger partial charge in [-0.25, -0.2) is 0 Å². The number of rotatable bonds is 14. The Morgan fingerprint density at radius 3 is 1.42 bits per heavy atom. The standard InChI is InChI=1S/C25H46O/c1-7-11-13-15-21(24(5)17-19(24)9-3)23(26)22(16-14-12-8-2)25(6)18-20(25)10-4/h19-22H,7-18H2,1-6H3. The molecule has 152 valence electrons. The van der Waals surface area contributed by atoms with Crippen LogP contribution in [0.5, 0.6) is 0 Å². The number of hydrogen-bond donors (Lipinski definition) is 0. The Balaban J connectivity index is 2.15. The van der Waals surface area contributed by atoms with E-state index in [1.165, 1.54) is 64.2 Å². The summed E-state index contributed by atoms with van der Waals surface area (Å²) in [6.45, 7) is 14.1. The van der Waals surface area contributed by atoms with E-state index in [1.807, 2.05) is 0 Å². The SMILES string of the molecule is CCCCCC(C(=O)C(CCCCC)C1(C)CC1CC)C1(C)CC1CC. The van der Waals surface area contributed by atoms with Crippen LogP contribution in [-0.2, 0) is 4.79 Å². The summed E-state index contributed by atoms with van der Waals surface area (Å²) in [5.74, 6) is 2.93. The van der Waals surface area contributed by atoms with Gasteiger partial charge < -0.3 is 0 Å². The van der Waals surface area contributed by atoms with E-state index in [-0.39, 0.29) is 0 Å². The van der Waals surface area contributed by atoms with E-state index in [4.69, 9.17) is 0 Å². The Bertz CT molecular complexity index is 415. The molecule has 2 aliphatic rings. The van der Waals surface area contributed by atoms with Crippen LogP contribution in [0.4, 0.5) is 0 Å². The molecule has 26 heavy (non-hydrogen) atoms. The van der Waals surface area contributed by atoms with Crippen molar-refractivity contribution in [3.8, 4) is 0 Å². The Morgan fingerprint density at radius 1 is 0.769 bits per heavy atom. The predicted octanol–water partition coefficient (Wildman–Crippen LogP) is 7.82. The van der Waals surface area contributed by atoms with Gasteiger partial charge in [-0.1, -0.05) is 92.9 Å². The average Bonchev–Trinajstić information content (AvgIpc) is 3.50. The number of unbranched alkanes of at least 4 members (excludes halogenated alkanes) is 4. The summed E-state index contributed by atoms with van der Waals surface area (Å²) in [6, 6.07) is 0. The molecule has 1 nitrogen and oxygen atoms in total. The number of carbonyl (C=O) groups excluding carboxylic acids is 1. The second-order valence-electron chi connectivity index (χ2n) is 10.1. The highest BCUT2D eigenvalue weighted by molar-refractivity contribution is 5.86. The quantitative estimate of drug-likeness (QED) is 0.288. The van der Waals surface area contributed by atoms with Crippen LogP contribution in [0, 0.1) is 34.5 Å². The fourth-order valence-electron chi connectivity index (χ4n) is 6.05. The maximum absolute atomic E-state index is 13.9. The fourth-order valence-corrected chi connectivity index (χ4v) is 6.05.